The molecule has 29 heavy (non-hydrogen) atoms. The Hall–Kier alpha value is -3.67. The molecule has 0 bridgehead atoms. The van der Waals surface area contributed by atoms with Crippen molar-refractivity contribution in [3.63, 3.8) is 0 Å². The lowest BCUT2D eigenvalue weighted by molar-refractivity contribution is 0.0466. The fourth-order valence-electron chi connectivity index (χ4n) is 2.82. The molecular weight excluding hydrogens is 372 g/mol. The van der Waals surface area contributed by atoms with Gasteiger partial charge >= 0.3 is 5.97 Å². The number of benzene rings is 3. The molecule has 3 aromatic carbocycles. The van der Waals surface area contributed by atoms with Crippen molar-refractivity contribution in [3.8, 4) is 28.7 Å². The summed E-state index contributed by atoms with van der Waals surface area (Å²) in [6.07, 6.45) is 0. The topological polar surface area (TPSA) is 63.2 Å². The van der Waals surface area contributed by atoms with Gasteiger partial charge in [0.05, 0.1) is 21.3 Å². The van der Waals surface area contributed by atoms with Gasteiger partial charge < -0.3 is 23.7 Å². The first kappa shape index (κ1) is 20.1. The number of carbonyl (C=O) groups excluding carboxylic acids is 1. The average molecular weight is 394 g/mol. The Morgan fingerprint density at radius 1 is 0.724 bits per heavy atom. The van der Waals surface area contributed by atoms with Gasteiger partial charge in [-0.25, -0.2) is 4.79 Å². The Kier molecular flexibility index (Phi) is 6.58. The molecule has 0 saturated carbocycles. The van der Waals surface area contributed by atoms with Gasteiger partial charge in [0.25, 0.3) is 0 Å². The minimum Gasteiger partial charge on any atom is -0.493 e. The highest BCUT2D eigenvalue weighted by Crippen LogP contribution is 2.40. The Labute approximate surface area is 169 Å². The van der Waals surface area contributed by atoms with Gasteiger partial charge in [-0.05, 0) is 30.3 Å². The molecule has 0 aliphatic carbocycles. The summed E-state index contributed by atoms with van der Waals surface area (Å²) in [7, 11) is 4.45. The van der Waals surface area contributed by atoms with Crippen LogP contribution in [0.4, 0.5) is 0 Å². The third kappa shape index (κ3) is 4.60. The van der Waals surface area contributed by atoms with Gasteiger partial charge in [0.1, 0.15) is 23.7 Å². The first-order valence-electron chi connectivity index (χ1n) is 8.94. The Balaban J connectivity index is 1.78. The van der Waals surface area contributed by atoms with Crippen LogP contribution in [-0.2, 0) is 11.3 Å². The second-order valence-electron chi connectivity index (χ2n) is 5.98. The third-order valence-electron chi connectivity index (χ3n) is 4.23. The van der Waals surface area contributed by atoms with Crippen molar-refractivity contribution >= 4 is 5.97 Å². The van der Waals surface area contributed by atoms with Crippen molar-refractivity contribution in [1.82, 2.24) is 0 Å². The number of para-hydroxylation sites is 2. The fraction of sp³-hybridized carbons (Fsp3) is 0.174. The number of hydrogen-bond donors (Lipinski definition) is 0. The average Bonchev–Trinajstić information content (AvgIpc) is 2.77. The molecule has 0 fully saturated rings. The molecule has 150 valence electrons. The van der Waals surface area contributed by atoms with Gasteiger partial charge in [-0.3, -0.25) is 0 Å². The van der Waals surface area contributed by atoms with Crippen molar-refractivity contribution < 1.29 is 28.5 Å². The molecule has 0 N–H and O–H groups in total. The zero-order valence-corrected chi connectivity index (χ0v) is 16.5. The Morgan fingerprint density at radius 2 is 1.41 bits per heavy atom. The molecule has 0 aliphatic rings. The zero-order valence-electron chi connectivity index (χ0n) is 16.5. The summed E-state index contributed by atoms with van der Waals surface area (Å²) < 4.78 is 27.3. The van der Waals surface area contributed by atoms with Crippen LogP contribution in [0.25, 0.3) is 0 Å². The maximum atomic E-state index is 12.7. The van der Waals surface area contributed by atoms with Crippen LogP contribution in [0.1, 0.15) is 15.9 Å². The van der Waals surface area contributed by atoms with Gasteiger partial charge in [0, 0.05) is 5.56 Å². The third-order valence-corrected chi connectivity index (χ3v) is 4.23. The van der Waals surface area contributed by atoms with Crippen LogP contribution in [-0.4, -0.2) is 27.3 Å². The molecule has 0 radical (unpaired) electrons. The highest BCUT2D eigenvalue weighted by atomic mass is 16.5. The lowest BCUT2D eigenvalue weighted by Gasteiger charge is -2.15. The normalized spacial score (nSPS) is 10.2. The fourth-order valence-corrected chi connectivity index (χ4v) is 2.82. The maximum absolute atomic E-state index is 12.7. The lowest BCUT2D eigenvalue weighted by atomic mass is 10.1. The summed E-state index contributed by atoms with van der Waals surface area (Å²) in [5, 5.41) is 0. The van der Waals surface area contributed by atoms with Gasteiger partial charge in [0.15, 0.2) is 11.5 Å². The molecule has 6 nitrogen and oxygen atoms in total. The molecular formula is C23H22O6. The summed E-state index contributed by atoms with van der Waals surface area (Å²) >= 11 is 0. The molecule has 0 saturated heterocycles. The van der Waals surface area contributed by atoms with Crippen LogP contribution < -0.4 is 18.9 Å². The van der Waals surface area contributed by atoms with Gasteiger partial charge in [-0.15, -0.1) is 0 Å². The second-order valence-corrected chi connectivity index (χ2v) is 5.98. The van der Waals surface area contributed by atoms with Crippen LogP contribution in [0.5, 0.6) is 28.7 Å². The molecule has 0 heterocycles. The van der Waals surface area contributed by atoms with Crippen molar-refractivity contribution in [2.45, 2.75) is 6.61 Å². The van der Waals surface area contributed by atoms with Crippen LogP contribution >= 0.6 is 0 Å². The van der Waals surface area contributed by atoms with E-state index in [0.29, 0.717) is 23.0 Å². The monoisotopic (exact) mass is 394 g/mol. The quantitative estimate of drug-likeness (QED) is 0.509. The van der Waals surface area contributed by atoms with E-state index in [9.17, 15) is 4.79 Å². The van der Waals surface area contributed by atoms with E-state index in [0.717, 1.165) is 5.56 Å². The Bertz CT molecular complexity index is 968. The molecule has 3 rings (SSSR count). The number of ether oxygens (including phenoxy) is 5. The molecule has 0 aromatic heterocycles. The van der Waals surface area contributed by atoms with Crippen molar-refractivity contribution in [3.05, 3.63) is 77.9 Å². The maximum Gasteiger partial charge on any atom is 0.342 e. The van der Waals surface area contributed by atoms with E-state index in [1.807, 2.05) is 54.6 Å². The molecule has 0 amide bonds. The SMILES string of the molecule is COc1ccc(C(=O)OCc2ccccc2Oc2ccccc2)c(OC)c1OC. The smallest absolute Gasteiger partial charge is 0.342 e. The van der Waals surface area contributed by atoms with Gasteiger partial charge in [0.2, 0.25) is 5.75 Å². The van der Waals surface area contributed by atoms with Crippen molar-refractivity contribution in [1.29, 1.82) is 0 Å². The molecule has 6 heteroatoms. The van der Waals surface area contributed by atoms with Crippen LogP contribution in [0.2, 0.25) is 0 Å². The van der Waals surface area contributed by atoms with Crippen LogP contribution in [0.3, 0.4) is 0 Å². The van der Waals surface area contributed by atoms with E-state index in [-0.39, 0.29) is 17.9 Å². The van der Waals surface area contributed by atoms with E-state index in [1.54, 1.807) is 12.1 Å². The van der Waals surface area contributed by atoms with Crippen LogP contribution in [0.15, 0.2) is 66.7 Å². The standard InChI is InChI=1S/C23H22O6/c1-25-20-14-13-18(21(26-2)22(20)27-3)23(24)28-15-16-9-7-8-12-19(16)29-17-10-5-4-6-11-17/h4-14H,15H2,1-3H3. The van der Waals surface area contributed by atoms with Gasteiger partial charge in [-0.1, -0.05) is 36.4 Å². The summed E-state index contributed by atoms with van der Waals surface area (Å²) in [5.74, 6) is 1.82. The molecule has 0 atom stereocenters. The largest absolute Gasteiger partial charge is 0.493 e. The Morgan fingerprint density at radius 3 is 2.10 bits per heavy atom. The minimum absolute atomic E-state index is 0.0410. The van der Waals surface area contributed by atoms with E-state index in [2.05, 4.69) is 0 Å². The highest BCUT2D eigenvalue weighted by molar-refractivity contribution is 5.94. The predicted octanol–water partition coefficient (Wildman–Crippen LogP) is 4.86. The molecule has 3 aromatic rings. The molecule has 0 aliphatic heterocycles. The number of rotatable bonds is 8. The van der Waals surface area contributed by atoms with Crippen molar-refractivity contribution in [2.24, 2.45) is 0 Å². The van der Waals surface area contributed by atoms with E-state index >= 15 is 0 Å². The highest BCUT2D eigenvalue weighted by Gasteiger charge is 2.22. The summed E-state index contributed by atoms with van der Waals surface area (Å²) in [4.78, 5) is 12.7. The zero-order chi connectivity index (χ0) is 20.6. The summed E-state index contributed by atoms with van der Waals surface area (Å²) in [5.41, 5.74) is 0.982. The number of methoxy groups -OCH3 is 3. The number of carbonyl (C=O) groups is 1. The summed E-state index contributed by atoms with van der Waals surface area (Å²) in [6.45, 7) is 0.0410. The first-order valence-corrected chi connectivity index (χ1v) is 8.94. The number of hydrogen-bond acceptors (Lipinski definition) is 6. The molecule has 0 unspecified atom stereocenters. The van der Waals surface area contributed by atoms with Crippen LogP contribution in [0, 0.1) is 0 Å². The lowest BCUT2D eigenvalue weighted by Crippen LogP contribution is -2.09. The molecule has 0 spiro atoms. The van der Waals surface area contributed by atoms with E-state index in [4.69, 9.17) is 23.7 Å². The number of esters is 1. The predicted molar refractivity (Wildman–Crippen MR) is 108 cm³/mol. The van der Waals surface area contributed by atoms with E-state index < -0.39 is 5.97 Å². The summed E-state index contributed by atoms with van der Waals surface area (Å²) in [6, 6.07) is 20.0. The first-order chi connectivity index (χ1) is 14.2. The minimum atomic E-state index is -0.544. The van der Waals surface area contributed by atoms with E-state index in [1.165, 1.54) is 21.3 Å². The van der Waals surface area contributed by atoms with Crippen molar-refractivity contribution in [2.75, 3.05) is 21.3 Å². The van der Waals surface area contributed by atoms with Gasteiger partial charge in [-0.2, -0.15) is 0 Å². The second kappa shape index (κ2) is 9.50.